The van der Waals surface area contributed by atoms with Crippen LogP contribution in [0.25, 0.3) is 0 Å². The Labute approximate surface area is 101 Å². The summed E-state index contributed by atoms with van der Waals surface area (Å²) in [6.45, 7) is 1.84. The minimum absolute atomic E-state index is 0.0773. The monoisotopic (exact) mass is 253 g/mol. The summed E-state index contributed by atoms with van der Waals surface area (Å²) in [6, 6.07) is 0. The van der Waals surface area contributed by atoms with Crippen LogP contribution in [0.15, 0.2) is 21.2 Å². The number of hydrogen-bond acceptors (Lipinski definition) is 5. The van der Waals surface area contributed by atoms with Crippen molar-refractivity contribution >= 4 is 23.4 Å². The highest BCUT2D eigenvalue weighted by atomic mass is 32.2. The van der Waals surface area contributed by atoms with Crippen molar-refractivity contribution in [2.45, 2.75) is 24.9 Å². The van der Waals surface area contributed by atoms with Crippen LogP contribution in [0, 0.1) is 0 Å². The van der Waals surface area contributed by atoms with Crippen molar-refractivity contribution in [3.05, 3.63) is 22.1 Å². The third-order valence-electron chi connectivity index (χ3n) is 2.27. The lowest BCUT2D eigenvalue weighted by atomic mass is 10.2. The molecule has 7 heteroatoms. The largest absolute Gasteiger partial charge is 0.481 e. The van der Waals surface area contributed by atoms with Gasteiger partial charge in [0.05, 0.1) is 0 Å². The number of rotatable bonds is 3. The highest BCUT2D eigenvalue weighted by Crippen LogP contribution is 2.18. The zero-order chi connectivity index (χ0) is 12.4. The maximum absolute atomic E-state index is 12.0. The van der Waals surface area contributed by atoms with E-state index in [1.165, 1.54) is 22.6 Å². The number of carboxylic acids is 1. The molecule has 0 unspecified atom stereocenters. The number of aliphatic carboxylic acids is 1. The smallest absolute Gasteiger partial charge is 0.303 e. The Bertz CT molecular complexity index is 550. The highest BCUT2D eigenvalue weighted by molar-refractivity contribution is 7.99. The van der Waals surface area contributed by atoms with E-state index >= 15 is 0 Å². The molecular formula is C10H11N3O3S. The fourth-order valence-corrected chi connectivity index (χ4v) is 2.20. The number of carboxylic acid groups (broad SMARTS) is 1. The molecule has 0 atom stereocenters. The highest BCUT2D eigenvalue weighted by Gasteiger charge is 2.15. The predicted molar refractivity (Wildman–Crippen MR) is 63.7 cm³/mol. The lowest BCUT2D eigenvalue weighted by Crippen LogP contribution is -2.27. The molecule has 0 saturated heterocycles. The van der Waals surface area contributed by atoms with Gasteiger partial charge in [0.25, 0.3) is 5.56 Å². The molecule has 2 rings (SSSR count). The van der Waals surface area contributed by atoms with Gasteiger partial charge in [0.2, 0.25) is 0 Å². The van der Waals surface area contributed by atoms with Gasteiger partial charge in [0.15, 0.2) is 5.16 Å². The van der Waals surface area contributed by atoms with Crippen LogP contribution in [0.3, 0.4) is 0 Å². The van der Waals surface area contributed by atoms with Gasteiger partial charge < -0.3 is 5.11 Å². The van der Waals surface area contributed by atoms with Gasteiger partial charge in [-0.2, -0.15) is 9.78 Å². The maximum atomic E-state index is 12.0. The average molecular weight is 253 g/mol. The summed E-state index contributed by atoms with van der Waals surface area (Å²) < 4.78 is 1.25. The van der Waals surface area contributed by atoms with Gasteiger partial charge in [-0.15, -0.1) is 0 Å². The van der Waals surface area contributed by atoms with Crippen LogP contribution in [-0.4, -0.2) is 32.2 Å². The molecule has 17 heavy (non-hydrogen) atoms. The number of aryl methyl sites for hydroxylation is 1. The van der Waals surface area contributed by atoms with E-state index in [9.17, 15) is 9.59 Å². The minimum Gasteiger partial charge on any atom is -0.481 e. The van der Waals surface area contributed by atoms with E-state index in [1.807, 2.05) is 6.92 Å². The Hall–Kier alpha value is -1.63. The molecule has 0 amide bonds. The van der Waals surface area contributed by atoms with E-state index in [0.717, 1.165) is 11.5 Å². The van der Waals surface area contributed by atoms with E-state index in [1.54, 1.807) is 0 Å². The Balaban J connectivity index is 2.36. The Morgan fingerprint density at radius 1 is 1.65 bits per heavy atom. The van der Waals surface area contributed by atoms with Gasteiger partial charge in [0.1, 0.15) is 0 Å². The molecule has 0 saturated carbocycles. The molecule has 1 aliphatic heterocycles. The molecule has 1 aliphatic rings. The second kappa shape index (κ2) is 4.70. The molecular weight excluding hydrogens is 242 g/mol. The maximum Gasteiger partial charge on any atom is 0.303 e. The molecule has 1 aromatic heterocycles. The van der Waals surface area contributed by atoms with Crippen molar-refractivity contribution in [3.63, 3.8) is 0 Å². The van der Waals surface area contributed by atoms with Crippen LogP contribution >= 0.6 is 11.8 Å². The number of aromatic nitrogens is 2. The van der Waals surface area contributed by atoms with Crippen molar-refractivity contribution in [2.75, 3.05) is 5.75 Å². The number of nitrogens with zero attached hydrogens (tertiary/aromatic N) is 3. The van der Waals surface area contributed by atoms with E-state index in [2.05, 4.69) is 10.1 Å². The second-order valence-electron chi connectivity index (χ2n) is 3.70. The van der Waals surface area contributed by atoms with Gasteiger partial charge in [0, 0.05) is 29.6 Å². The van der Waals surface area contributed by atoms with Gasteiger partial charge in [-0.3, -0.25) is 9.59 Å². The first-order valence-corrected chi connectivity index (χ1v) is 6.06. The predicted octanol–water partition coefficient (Wildman–Crippen LogP) is 0.590. The first-order valence-electron chi connectivity index (χ1n) is 5.08. The average Bonchev–Trinajstić information content (AvgIpc) is 2.29. The van der Waals surface area contributed by atoms with Gasteiger partial charge in [-0.05, 0) is 13.3 Å². The molecule has 0 aliphatic carbocycles. The van der Waals surface area contributed by atoms with Crippen LogP contribution in [0.5, 0.6) is 0 Å². The molecule has 0 radical (unpaired) electrons. The minimum atomic E-state index is -0.929. The third kappa shape index (κ3) is 2.55. The first-order chi connectivity index (χ1) is 8.08. The summed E-state index contributed by atoms with van der Waals surface area (Å²) in [5.41, 5.74) is 0.958. The van der Waals surface area contributed by atoms with E-state index < -0.39 is 5.97 Å². The summed E-state index contributed by atoms with van der Waals surface area (Å²) in [6.07, 6.45) is 1.55. The van der Waals surface area contributed by atoms with Crippen molar-refractivity contribution in [2.24, 2.45) is 5.10 Å². The third-order valence-corrected chi connectivity index (χ3v) is 3.37. The molecule has 2 heterocycles. The van der Waals surface area contributed by atoms with Gasteiger partial charge in [-0.1, -0.05) is 11.8 Å². The molecule has 0 bridgehead atoms. The fraction of sp³-hybridized carbons (Fsp3) is 0.400. The normalized spacial score (nSPS) is 14.1. The topological polar surface area (TPSA) is 84.6 Å². The molecule has 1 N–H and O–H groups in total. The van der Waals surface area contributed by atoms with E-state index in [-0.39, 0.29) is 18.4 Å². The Kier molecular flexibility index (Phi) is 3.28. The Morgan fingerprint density at radius 2 is 2.41 bits per heavy atom. The van der Waals surface area contributed by atoms with Crippen molar-refractivity contribution in [1.29, 1.82) is 0 Å². The van der Waals surface area contributed by atoms with E-state index in [0.29, 0.717) is 10.7 Å². The zero-order valence-electron chi connectivity index (χ0n) is 9.21. The molecule has 0 fully saturated rings. The van der Waals surface area contributed by atoms with Crippen LogP contribution in [0.1, 0.15) is 18.9 Å². The quantitative estimate of drug-likeness (QED) is 0.797. The lowest BCUT2D eigenvalue weighted by Gasteiger charge is -2.13. The van der Waals surface area contributed by atoms with Crippen LogP contribution in [0.4, 0.5) is 0 Å². The first kappa shape index (κ1) is 11.8. The number of hydrogen-bond donors (Lipinski definition) is 1. The number of carbonyl (C=O) groups is 1. The molecule has 0 aromatic carbocycles. The molecule has 6 nitrogen and oxygen atoms in total. The molecule has 0 spiro atoms. The van der Waals surface area contributed by atoms with Crippen molar-refractivity contribution in [3.8, 4) is 0 Å². The number of fused-ring (bicyclic) bond motifs is 1. The molecule has 90 valence electrons. The fourth-order valence-electron chi connectivity index (χ4n) is 1.43. The van der Waals surface area contributed by atoms with Crippen LogP contribution in [0.2, 0.25) is 0 Å². The van der Waals surface area contributed by atoms with Gasteiger partial charge in [-0.25, -0.2) is 4.98 Å². The van der Waals surface area contributed by atoms with Crippen molar-refractivity contribution in [1.82, 2.24) is 9.66 Å². The summed E-state index contributed by atoms with van der Waals surface area (Å²) >= 11 is 1.45. The van der Waals surface area contributed by atoms with Gasteiger partial charge >= 0.3 is 5.97 Å². The molecule has 1 aromatic rings. The standard InChI is InChI=1S/C10H11N3O3S/c1-6-5-17-10-11-4-7(2-3-8(14)15)9(16)13(10)12-6/h4H,2-3,5H2,1H3,(H,14,15). The SMILES string of the molecule is CC1=Nn2c(ncc(CCC(=O)O)c2=O)SC1. The van der Waals surface area contributed by atoms with Crippen LogP contribution < -0.4 is 5.56 Å². The van der Waals surface area contributed by atoms with Crippen LogP contribution in [-0.2, 0) is 11.2 Å². The summed E-state index contributed by atoms with van der Waals surface area (Å²) in [4.78, 5) is 26.6. The zero-order valence-corrected chi connectivity index (χ0v) is 10.0. The lowest BCUT2D eigenvalue weighted by molar-refractivity contribution is -0.136. The summed E-state index contributed by atoms with van der Waals surface area (Å²) in [5, 5.41) is 13.3. The van der Waals surface area contributed by atoms with E-state index in [4.69, 9.17) is 5.11 Å². The number of thioether (sulfide) groups is 1. The second-order valence-corrected chi connectivity index (χ2v) is 4.64. The van der Waals surface area contributed by atoms with Crippen molar-refractivity contribution < 1.29 is 9.90 Å². The summed E-state index contributed by atoms with van der Waals surface area (Å²) in [7, 11) is 0. The summed E-state index contributed by atoms with van der Waals surface area (Å²) in [5.74, 6) is -0.206. The Morgan fingerprint density at radius 3 is 3.12 bits per heavy atom.